The van der Waals surface area contributed by atoms with Crippen molar-refractivity contribution in [2.45, 2.75) is 32.3 Å². The molecule has 0 saturated carbocycles. The zero-order valence-electron chi connectivity index (χ0n) is 15.2. The Hall–Kier alpha value is -2.67. The molecule has 0 radical (unpaired) electrons. The third-order valence-corrected chi connectivity index (χ3v) is 4.56. The summed E-state index contributed by atoms with van der Waals surface area (Å²) < 4.78 is 23.8. The fraction of sp³-hybridized carbons (Fsp3) is 0.400. The van der Waals surface area contributed by atoms with Crippen LogP contribution in [0.1, 0.15) is 35.4 Å². The van der Waals surface area contributed by atoms with E-state index in [1.165, 1.54) is 30.5 Å². The molecule has 1 fully saturated rings. The monoisotopic (exact) mass is 374 g/mol. The van der Waals surface area contributed by atoms with Crippen molar-refractivity contribution in [3.63, 3.8) is 0 Å². The maximum Gasteiger partial charge on any atom is 0.257 e. The summed E-state index contributed by atoms with van der Waals surface area (Å²) in [7, 11) is 0. The number of hydrogen-bond acceptors (Lipinski definition) is 4. The number of hydrogen-bond donors (Lipinski definition) is 1. The number of nitrogens with zero attached hydrogens (tertiary/aromatic N) is 1. The first-order valence-electron chi connectivity index (χ1n) is 9.03. The van der Waals surface area contributed by atoms with E-state index in [-0.39, 0.29) is 36.7 Å². The number of anilines is 1. The van der Waals surface area contributed by atoms with E-state index in [2.05, 4.69) is 5.32 Å². The number of carbonyl (C=O) groups excluding carboxylic acids is 2. The molecule has 1 aromatic heterocycles. The summed E-state index contributed by atoms with van der Waals surface area (Å²) in [6, 6.07) is 7.20. The Bertz CT molecular complexity index is 782. The van der Waals surface area contributed by atoms with Crippen LogP contribution in [0.5, 0.6) is 0 Å². The summed E-state index contributed by atoms with van der Waals surface area (Å²) in [5.74, 6) is -0.230. The third kappa shape index (κ3) is 5.17. The molecule has 0 unspecified atom stereocenters. The Morgan fingerprint density at radius 3 is 2.67 bits per heavy atom. The Morgan fingerprint density at radius 2 is 2.04 bits per heavy atom. The van der Waals surface area contributed by atoms with Crippen molar-refractivity contribution in [3.05, 3.63) is 53.7 Å². The van der Waals surface area contributed by atoms with Gasteiger partial charge in [0.2, 0.25) is 5.91 Å². The largest absolute Gasteiger partial charge is 0.469 e. The SMILES string of the molecule is Cc1occc1C(=O)N(CCC(=O)Nc1ccc(F)cc1)C[C@@H]1CCCO1. The summed E-state index contributed by atoms with van der Waals surface area (Å²) in [5.41, 5.74) is 1.01. The Kier molecular flexibility index (Phi) is 6.24. The Labute approximate surface area is 157 Å². The van der Waals surface area contributed by atoms with Crippen molar-refractivity contribution < 1.29 is 23.1 Å². The fourth-order valence-corrected chi connectivity index (χ4v) is 3.08. The van der Waals surface area contributed by atoms with Gasteiger partial charge in [-0.2, -0.15) is 0 Å². The minimum absolute atomic E-state index is 0.0127. The molecule has 1 aliphatic rings. The van der Waals surface area contributed by atoms with Crippen LogP contribution in [0.25, 0.3) is 0 Å². The van der Waals surface area contributed by atoms with Crippen LogP contribution in [0.15, 0.2) is 41.0 Å². The second kappa shape index (κ2) is 8.81. The van der Waals surface area contributed by atoms with E-state index in [0.29, 0.717) is 30.2 Å². The van der Waals surface area contributed by atoms with E-state index in [1.807, 2.05) is 0 Å². The van der Waals surface area contributed by atoms with Gasteiger partial charge in [0.1, 0.15) is 11.6 Å². The molecular weight excluding hydrogens is 351 g/mol. The topological polar surface area (TPSA) is 71.8 Å². The molecule has 144 valence electrons. The summed E-state index contributed by atoms with van der Waals surface area (Å²) >= 11 is 0. The Balaban J connectivity index is 1.61. The average Bonchev–Trinajstić information content (AvgIpc) is 3.31. The summed E-state index contributed by atoms with van der Waals surface area (Å²) in [6.07, 6.45) is 3.47. The van der Waals surface area contributed by atoms with Gasteiger partial charge < -0.3 is 19.4 Å². The highest BCUT2D eigenvalue weighted by atomic mass is 19.1. The number of carbonyl (C=O) groups is 2. The van der Waals surface area contributed by atoms with Crippen molar-refractivity contribution in [2.24, 2.45) is 0 Å². The molecule has 27 heavy (non-hydrogen) atoms. The fourth-order valence-electron chi connectivity index (χ4n) is 3.08. The number of ether oxygens (including phenoxy) is 1. The van der Waals surface area contributed by atoms with Crippen LogP contribution in [-0.2, 0) is 9.53 Å². The number of rotatable bonds is 7. The van der Waals surface area contributed by atoms with Gasteiger partial charge >= 0.3 is 0 Å². The average molecular weight is 374 g/mol. The highest BCUT2D eigenvalue weighted by molar-refractivity contribution is 5.96. The maximum absolute atomic E-state index is 13.0. The van der Waals surface area contributed by atoms with E-state index >= 15 is 0 Å². The first-order chi connectivity index (χ1) is 13.0. The molecule has 0 bridgehead atoms. The van der Waals surface area contributed by atoms with Crippen LogP contribution in [0.3, 0.4) is 0 Å². The van der Waals surface area contributed by atoms with Crippen LogP contribution in [-0.4, -0.2) is 42.5 Å². The van der Waals surface area contributed by atoms with E-state index < -0.39 is 0 Å². The van der Waals surface area contributed by atoms with Crippen LogP contribution in [0.4, 0.5) is 10.1 Å². The molecule has 1 saturated heterocycles. The lowest BCUT2D eigenvalue weighted by molar-refractivity contribution is -0.116. The first-order valence-corrected chi connectivity index (χ1v) is 9.03. The van der Waals surface area contributed by atoms with Crippen molar-refractivity contribution in [2.75, 3.05) is 25.0 Å². The van der Waals surface area contributed by atoms with Crippen LogP contribution in [0.2, 0.25) is 0 Å². The van der Waals surface area contributed by atoms with Gasteiger partial charge in [0.15, 0.2) is 0 Å². The molecule has 7 heteroatoms. The second-order valence-corrected chi connectivity index (χ2v) is 6.58. The molecule has 0 spiro atoms. The molecule has 3 rings (SSSR count). The minimum atomic E-state index is -0.364. The van der Waals surface area contributed by atoms with Crippen molar-refractivity contribution in [3.8, 4) is 0 Å². The summed E-state index contributed by atoms with van der Waals surface area (Å²) in [6.45, 7) is 3.13. The number of halogens is 1. The number of aryl methyl sites for hydroxylation is 1. The van der Waals surface area contributed by atoms with Crippen LogP contribution < -0.4 is 5.32 Å². The third-order valence-electron chi connectivity index (χ3n) is 4.56. The molecule has 6 nitrogen and oxygen atoms in total. The van der Waals surface area contributed by atoms with Gasteiger partial charge in [0.25, 0.3) is 5.91 Å². The normalized spacial score (nSPS) is 16.3. The van der Waals surface area contributed by atoms with E-state index in [1.54, 1.807) is 17.9 Å². The lowest BCUT2D eigenvalue weighted by atomic mass is 10.1. The summed E-state index contributed by atoms with van der Waals surface area (Å²) in [4.78, 5) is 26.7. The predicted octanol–water partition coefficient (Wildman–Crippen LogP) is 3.38. The summed E-state index contributed by atoms with van der Waals surface area (Å²) in [5, 5.41) is 2.71. The van der Waals surface area contributed by atoms with Gasteiger partial charge in [-0.3, -0.25) is 9.59 Å². The molecule has 1 atom stereocenters. The lowest BCUT2D eigenvalue weighted by Crippen LogP contribution is -2.39. The Morgan fingerprint density at radius 1 is 1.26 bits per heavy atom. The number of benzene rings is 1. The lowest BCUT2D eigenvalue weighted by Gasteiger charge is -2.25. The highest BCUT2D eigenvalue weighted by Crippen LogP contribution is 2.18. The second-order valence-electron chi connectivity index (χ2n) is 6.58. The van der Waals surface area contributed by atoms with E-state index in [4.69, 9.17) is 9.15 Å². The molecule has 2 heterocycles. The molecule has 1 N–H and O–H groups in total. The standard InChI is InChI=1S/C20H23FN2O4/c1-14-18(9-12-26-14)20(25)23(13-17-3-2-11-27-17)10-8-19(24)22-16-6-4-15(21)5-7-16/h4-7,9,12,17H,2-3,8,10-11,13H2,1H3,(H,22,24)/t17-/m0/s1. The quantitative estimate of drug-likeness (QED) is 0.807. The zero-order valence-corrected chi connectivity index (χ0v) is 15.2. The molecule has 2 amide bonds. The number of amides is 2. The minimum Gasteiger partial charge on any atom is -0.469 e. The number of furan rings is 1. The van der Waals surface area contributed by atoms with E-state index in [9.17, 15) is 14.0 Å². The number of nitrogens with one attached hydrogen (secondary N) is 1. The van der Waals surface area contributed by atoms with Gasteiger partial charge in [-0.15, -0.1) is 0 Å². The highest BCUT2D eigenvalue weighted by Gasteiger charge is 2.25. The van der Waals surface area contributed by atoms with Crippen molar-refractivity contribution in [1.29, 1.82) is 0 Å². The van der Waals surface area contributed by atoms with Crippen molar-refractivity contribution in [1.82, 2.24) is 4.90 Å². The molecule has 1 aliphatic heterocycles. The molecule has 0 aliphatic carbocycles. The van der Waals surface area contributed by atoms with Crippen LogP contribution in [0, 0.1) is 12.7 Å². The van der Waals surface area contributed by atoms with Crippen molar-refractivity contribution >= 4 is 17.5 Å². The predicted molar refractivity (Wildman–Crippen MR) is 98.0 cm³/mol. The van der Waals surface area contributed by atoms with Crippen LogP contribution >= 0.6 is 0 Å². The smallest absolute Gasteiger partial charge is 0.257 e. The maximum atomic E-state index is 13.0. The molecule has 2 aromatic rings. The molecular formula is C20H23FN2O4. The molecule has 1 aromatic carbocycles. The van der Waals surface area contributed by atoms with E-state index in [0.717, 1.165) is 12.8 Å². The first kappa shape index (κ1) is 19.1. The van der Waals surface area contributed by atoms with Gasteiger partial charge in [-0.25, -0.2) is 4.39 Å². The zero-order chi connectivity index (χ0) is 19.2. The van der Waals surface area contributed by atoms with Gasteiger partial charge in [0, 0.05) is 31.8 Å². The van der Waals surface area contributed by atoms with Gasteiger partial charge in [0.05, 0.1) is 17.9 Å². The van der Waals surface area contributed by atoms with Gasteiger partial charge in [-0.05, 0) is 50.1 Å². The van der Waals surface area contributed by atoms with Gasteiger partial charge in [-0.1, -0.05) is 0 Å².